The molecule has 0 fully saturated rings. The highest BCUT2D eigenvalue weighted by Crippen LogP contribution is 2.32. The minimum atomic E-state index is -4.40. The molecule has 1 aromatic rings. The lowest BCUT2D eigenvalue weighted by molar-refractivity contribution is -0.390. The monoisotopic (exact) mass is 362 g/mol. The van der Waals surface area contributed by atoms with Gasteiger partial charge in [0.25, 0.3) is 0 Å². The topological polar surface area (TPSA) is 48.2 Å². The third-order valence-electron chi connectivity index (χ3n) is 4.41. The summed E-state index contributed by atoms with van der Waals surface area (Å²) in [5.74, 6) is 0.201. The van der Waals surface area contributed by atoms with Gasteiger partial charge in [0.2, 0.25) is 5.70 Å². The summed E-state index contributed by atoms with van der Waals surface area (Å²) < 4.78 is 37.7. The Hall–Kier alpha value is -2.31. The Morgan fingerprint density at radius 3 is 2.58 bits per heavy atom. The molecule has 26 heavy (non-hydrogen) atoms. The Morgan fingerprint density at radius 2 is 1.81 bits per heavy atom. The fourth-order valence-electron chi connectivity index (χ4n) is 2.98. The zero-order chi connectivity index (χ0) is 18.6. The number of aromatic nitrogens is 1. The van der Waals surface area contributed by atoms with Crippen LogP contribution in [-0.2, 0) is 15.7 Å². The second-order valence-electron chi connectivity index (χ2n) is 6.65. The van der Waals surface area contributed by atoms with Gasteiger partial charge in [-0.25, -0.2) is 4.99 Å². The maximum absolute atomic E-state index is 14.0. The molecule has 0 atom stereocenters. The number of nitrogens with one attached hydrogen (secondary N) is 2. The first-order valence-corrected chi connectivity index (χ1v) is 9.34. The Morgan fingerprint density at radius 1 is 1.04 bits per heavy atom. The van der Waals surface area contributed by atoms with Crippen molar-refractivity contribution in [2.75, 3.05) is 0 Å². The van der Waals surface area contributed by atoms with Gasteiger partial charge < -0.3 is 22.9 Å². The molecular formula is C19H25BF2N2O2. The number of halogens is 2. The van der Waals surface area contributed by atoms with Crippen molar-refractivity contribution in [3.05, 3.63) is 53.2 Å². The largest absolute Gasteiger partial charge is 0.726 e. The van der Waals surface area contributed by atoms with Gasteiger partial charge in [0, 0.05) is 30.3 Å². The summed E-state index contributed by atoms with van der Waals surface area (Å²) in [4.78, 5) is 6.33. The average molecular weight is 362 g/mol. The van der Waals surface area contributed by atoms with E-state index < -0.39 is 7.11 Å². The SMILES string of the molecule is CCCCC1=[NH+]/C(=C2/C=C(c3ccc(CCCC)[nH]3)O[B-](F)(F)O2)C=C1. The first-order valence-electron chi connectivity index (χ1n) is 9.34. The summed E-state index contributed by atoms with van der Waals surface area (Å²) >= 11 is 0. The number of rotatable bonds is 7. The van der Waals surface area contributed by atoms with Crippen molar-refractivity contribution >= 4 is 18.6 Å². The van der Waals surface area contributed by atoms with Crippen LogP contribution in [0.4, 0.5) is 8.63 Å². The summed E-state index contributed by atoms with van der Waals surface area (Å²) in [5.41, 5.74) is 3.10. The minimum Gasteiger partial charge on any atom is -0.626 e. The Labute approximate surface area is 152 Å². The highest BCUT2D eigenvalue weighted by molar-refractivity contribution is 6.53. The molecule has 4 nitrogen and oxygen atoms in total. The van der Waals surface area contributed by atoms with E-state index in [4.69, 9.17) is 9.31 Å². The molecule has 0 radical (unpaired) electrons. The molecule has 140 valence electrons. The normalized spacial score (nSPS) is 21.2. The molecular weight excluding hydrogens is 337 g/mol. The maximum Gasteiger partial charge on any atom is 0.726 e. The van der Waals surface area contributed by atoms with Crippen molar-refractivity contribution < 1.29 is 22.9 Å². The van der Waals surface area contributed by atoms with Crippen molar-refractivity contribution in [2.24, 2.45) is 0 Å². The molecule has 0 bridgehead atoms. The van der Waals surface area contributed by atoms with E-state index >= 15 is 0 Å². The Kier molecular flexibility index (Phi) is 5.64. The molecule has 0 aliphatic carbocycles. The fourth-order valence-corrected chi connectivity index (χ4v) is 2.98. The van der Waals surface area contributed by atoms with Gasteiger partial charge in [0.05, 0.1) is 5.69 Å². The van der Waals surface area contributed by atoms with Crippen LogP contribution < -0.4 is 4.99 Å². The summed E-state index contributed by atoms with van der Waals surface area (Å²) in [6.07, 6.45) is 11.2. The van der Waals surface area contributed by atoms with Crippen molar-refractivity contribution in [1.29, 1.82) is 0 Å². The molecule has 0 aromatic carbocycles. The zero-order valence-corrected chi connectivity index (χ0v) is 15.3. The van der Waals surface area contributed by atoms with Crippen molar-refractivity contribution in [2.45, 2.75) is 52.4 Å². The van der Waals surface area contributed by atoms with Crippen LogP contribution in [0.25, 0.3) is 5.76 Å². The molecule has 2 aliphatic rings. The zero-order valence-electron chi connectivity index (χ0n) is 15.3. The van der Waals surface area contributed by atoms with E-state index in [0.717, 1.165) is 49.9 Å². The number of allylic oxidation sites excluding steroid dienone is 3. The lowest BCUT2D eigenvalue weighted by atomic mass is 10.1. The molecule has 0 spiro atoms. The van der Waals surface area contributed by atoms with Gasteiger partial charge in [0.15, 0.2) is 11.5 Å². The van der Waals surface area contributed by atoms with Crippen LogP contribution in [0.15, 0.2) is 41.8 Å². The first-order chi connectivity index (χ1) is 12.5. The van der Waals surface area contributed by atoms with E-state index in [-0.39, 0.29) is 11.5 Å². The van der Waals surface area contributed by atoms with Gasteiger partial charge in [-0.1, -0.05) is 26.7 Å². The minimum absolute atomic E-state index is 0.101. The summed E-state index contributed by atoms with van der Waals surface area (Å²) in [5, 5.41) is 0. The molecule has 2 aliphatic heterocycles. The predicted molar refractivity (Wildman–Crippen MR) is 99.2 cm³/mol. The molecule has 0 saturated heterocycles. The third kappa shape index (κ3) is 4.45. The first kappa shape index (κ1) is 18.5. The Balaban J connectivity index is 1.86. The highest BCUT2D eigenvalue weighted by Gasteiger charge is 2.40. The number of hydrogen-bond donors (Lipinski definition) is 2. The molecule has 0 saturated carbocycles. The maximum atomic E-state index is 14.0. The van der Waals surface area contributed by atoms with Crippen LogP contribution in [-0.4, -0.2) is 17.8 Å². The average Bonchev–Trinajstić information content (AvgIpc) is 3.26. The van der Waals surface area contributed by atoms with Crippen molar-refractivity contribution in [3.8, 4) is 0 Å². The highest BCUT2D eigenvalue weighted by atomic mass is 19.3. The van der Waals surface area contributed by atoms with Crippen LogP contribution in [0.3, 0.4) is 0 Å². The third-order valence-corrected chi connectivity index (χ3v) is 4.41. The van der Waals surface area contributed by atoms with E-state index in [1.807, 2.05) is 12.1 Å². The van der Waals surface area contributed by atoms with Gasteiger partial charge in [-0.15, -0.1) is 0 Å². The van der Waals surface area contributed by atoms with E-state index in [0.29, 0.717) is 11.4 Å². The van der Waals surface area contributed by atoms with Crippen LogP contribution in [0, 0.1) is 0 Å². The lowest BCUT2D eigenvalue weighted by Crippen LogP contribution is -2.68. The van der Waals surface area contributed by atoms with Crippen LogP contribution in [0.5, 0.6) is 0 Å². The van der Waals surface area contributed by atoms with Gasteiger partial charge in [0.1, 0.15) is 5.76 Å². The second-order valence-corrected chi connectivity index (χ2v) is 6.65. The second kappa shape index (κ2) is 7.93. The quantitative estimate of drug-likeness (QED) is 0.728. The molecule has 3 heterocycles. The number of unbranched alkanes of at least 4 members (excludes halogenated alkanes) is 2. The van der Waals surface area contributed by atoms with E-state index in [1.165, 1.54) is 6.08 Å². The number of aryl methyl sites for hydroxylation is 1. The summed E-state index contributed by atoms with van der Waals surface area (Å²) in [7, 11) is -4.40. The number of H-pyrrole nitrogens is 1. The van der Waals surface area contributed by atoms with Gasteiger partial charge >= 0.3 is 7.11 Å². The molecule has 7 heteroatoms. The van der Waals surface area contributed by atoms with E-state index in [2.05, 4.69) is 23.8 Å². The van der Waals surface area contributed by atoms with E-state index in [1.54, 1.807) is 12.1 Å². The van der Waals surface area contributed by atoms with Gasteiger partial charge in [-0.2, -0.15) is 0 Å². The van der Waals surface area contributed by atoms with Crippen molar-refractivity contribution in [1.82, 2.24) is 4.98 Å². The van der Waals surface area contributed by atoms with Gasteiger partial charge in [-0.05, 0) is 31.4 Å². The lowest BCUT2D eigenvalue weighted by Gasteiger charge is -2.33. The molecule has 2 N–H and O–H groups in total. The van der Waals surface area contributed by atoms with Crippen LogP contribution in [0.2, 0.25) is 0 Å². The molecule has 0 unspecified atom stereocenters. The summed E-state index contributed by atoms with van der Waals surface area (Å²) in [6, 6.07) is 3.68. The van der Waals surface area contributed by atoms with Crippen LogP contribution in [0.1, 0.15) is 57.3 Å². The number of aromatic amines is 1. The standard InChI is InChI=1S/C19H24BF2N2O2/c1-3-5-7-14-9-11-16(23-14)18-13-19(26-20(21,22)25-18)17-12-10-15(24-17)8-6-4-2/h9-13,23H,3-8H2,1-2H3/q-1/p+1/b19-17-. The van der Waals surface area contributed by atoms with Crippen molar-refractivity contribution in [3.63, 3.8) is 0 Å². The van der Waals surface area contributed by atoms with Crippen LogP contribution >= 0.6 is 0 Å². The number of hydrogen-bond acceptors (Lipinski definition) is 2. The predicted octanol–water partition coefficient (Wildman–Crippen LogP) is 3.61. The molecule has 0 amide bonds. The fraction of sp³-hybridized carbons (Fsp3) is 0.421. The Bertz CT molecular complexity index is 778. The molecule has 1 aromatic heterocycles. The van der Waals surface area contributed by atoms with E-state index in [9.17, 15) is 8.63 Å². The molecule has 3 rings (SSSR count). The smallest absolute Gasteiger partial charge is 0.626 e. The van der Waals surface area contributed by atoms with Gasteiger partial charge in [-0.3, -0.25) is 0 Å². The summed E-state index contributed by atoms with van der Waals surface area (Å²) in [6.45, 7) is 4.23.